The third-order valence-corrected chi connectivity index (χ3v) is 10.1. The van der Waals surface area contributed by atoms with Crippen molar-refractivity contribution >= 4 is 29.6 Å². The molecule has 2 fully saturated rings. The number of hydrogen-bond donors (Lipinski definition) is 3. The molecular weight excluding hydrogens is 838 g/mol. The molecule has 18 nitrogen and oxygen atoms in total. The van der Waals surface area contributed by atoms with E-state index in [2.05, 4.69) is 0 Å². The number of nitro groups is 1. The first-order chi connectivity index (χ1) is 31.0. The number of ether oxygens (including phenoxy) is 8. The first kappa shape index (κ1) is 45.0. The fourth-order valence-electron chi connectivity index (χ4n) is 6.89. The van der Waals surface area contributed by atoms with Crippen LogP contribution in [0.15, 0.2) is 146 Å². The molecule has 0 aliphatic carbocycles. The molecule has 0 spiro atoms. The SMILES string of the molecule is O=C(OC[C@@H](OC(=O)c1ccccc1)[C@@H]1O[C@@H](O[C@@H]2[C@H](O)[C@@H](Oc3ccc([N+](=O)[O-])cc3)O[C@H](CO)[C@H]2O)[C@H](OC(=O)c2ccccc2)[C@H]1OC(=O)c1ccccc1)c1ccccc1. The highest BCUT2D eigenvalue weighted by Gasteiger charge is 2.57. The zero-order valence-electron chi connectivity index (χ0n) is 33.5. The van der Waals surface area contributed by atoms with Crippen LogP contribution in [0.3, 0.4) is 0 Å². The number of carbonyl (C=O) groups is 4. The maximum atomic E-state index is 13.9. The van der Waals surface area contributed by atoms with Crippen LogP contribution in [0.5, 0.6) is 5.75 Å². The van der Waals surface area contributed by atoms with Gasteiger partial charge in [-0.15, -0.1) is 0 Å². The first-order valence-corrected chi connectivity index (χ1v) is 19.9. The number of non-ortho nitro benzene ring substituents is 1. The number of esters is 4. The molecule has 64 heavy (non-hydrogen) atoms. The Kier molecular flexibility index (Phi) is 14.7. The second-order valence-corrected chi connectivity index (χ2v) is 14.4. The summed E-state index contributed by atoms with van der Waals surface area (Å²) in [5, 5.41) is 44.6. The van der Waals surface area contributed by atoms with Gasteiger partial charge in [0.05, 0.1) is 33.8 Å². The molecule has 5 aromatic carbocycles. The van der Waals surface area contributed by atoms with Gasteiger partial charge in [-0.3, -0.25) is 10.1 Å². The van der Waals surface area contributed by atoms with Crippen LogP contribution in [0.4, 0.5) is 5.69 Å². The van der Waals surface area contributed by atoms with Crippen LogP contribution in [-0.2, 0) is 33.2 Å². The zero-order chi connectivity index (χ0) is 45.2. The smallest absolute Gasteiger partial charge is 0.338 e. The van der Waals surface area contributed by atoms with Gasteiger partial charge < -0.3 is 53.2 Å². The molecule has 2 aliphatic heterocycles. The predicted molar refractivity (Wildman–Crippen MR) is 219 cm³/mol. The first-order valence-electron chi connectivity index (χ1n) is 19.9. The van der Waals surface area contributed by atoms with Crippen molar-refractivity contribution in [2.24, 2.45) is 0 Å². The van der Waals surface area contributed by atoms with Gasteiger partial charge in [-0.25, -0.2) is 19.2 Å². The molecule has 0 radical (unpaired) electrons. The fraction of sp³-hybridized carbons (Fsp3) is 0.261. The monoisotopic (exact) mass is 879 g/mol. The van der Waals surface area contributed by atoms with Crippen LogP contribution < -0.4 is 4.74 Å². The molecule has 0 bridgehead atoms. The van der Waals surface area contributed by atoms with Gasteiger partial charge in [-0.05, 0) is 60.7 Å². The van der Waals surface area contributed by atoms with Crippen LogP contribution in [0, 0.1) is 10.1 Å². The summed E-state index contributed by atoms with van der Waals surface area (Å²) in [5.41, 5.74) is 0.0815. The number of carbonyl (C=O) groups excluding carboxylic acids is 4. The molecule has 2 heterocycles. The molecule has 0 unspecified atom stereocenters. The molecular formula is C46H41NO17. The van der Waals surface area contributed by atoms with Gasteiger partial charge >= 0.3 is 23.9 Å². The van der Waals surface area contributed by atoms with E-state index in [1.165, 1.54) is 60.7 Å². The normalized spacial score (nSPS) is 24.4. The summed E-state index contributed by atoms with van der Waals surface area (Å²) in [7, 11) is 0. The number of nitrogens with zero attached hydrogens (tertiary/aromatic N) is 1. The number of aliphatic hydroxyl groups is 3. The highest BCUT2D eigenvalue weighted by molar-refractivity contribution is 5.91. The molecule has 18 heteroatoms. The summed E-state index contributed by atoms with van der Waals surface area (Å²) in [6, 6.07) is 35.8. The molecule has 0 aromatic heterocycles. The van der Waals surface area contributed by atoms with E-state index >= 15 is 0 Å². The van der Waals surface area contributed by atoms with Crippen LogP contribution in [0.25, 0.3) is 0 Å². The van der Waals surface area contributed by atoms with E-state index in [0.717, 1.165) is 12.1 Å². The Morgan fingerprint density at radius 2 is 1.08 bits per heavy atom. The quantitative estimate of drug-likeness (QED) is 0.0547. The predicted octanol–water partition coefficient (Wildman–Crippen LogP) is 4.06. The maximum absolute atomic E-state index is 13.9. The molecule has 3 N–H and O–H groups in total. The molecule has 332 valence electrons. The Morgan fingerprint density at radius 1 is 0.594 bits per heavy atom. The molecule has 7 rings (SSSR count). The van der Waals surface area contributed by atoms with Crippen LogP contribution >= 0.6 is 0 Å². The average Bonchev–Trinajstić information content (AvgIpc) is 3.65. The Bertz CT molecular complexity index is 2350. The van der Waals surface area contributed by atoms with Crippen molar-refractivity contribution in [3.63, 3.8) is 0 Å². The summed E-state index contributed by atoms with van der Waals surface area (Å²) in [5.74, 6) is -3.64. The van der Waals surface area contributed by atoms with Crippen LogP contribution in [0.2, 0.25) is 0 Å². The van der Waals surface area contributed by atoms with Crippen LogP contribution in [-0.4, -0.2) is 119 Å². The van der Waals surface area contributed by atoms with E-state index in [0.29, 0.717) is 0 Å². The number of benzene rings is 5. The second kappa shape index (κ2) is 20.9. The highest BCUT2D eigenvalue weighted by atomic mass is 16.8. The number of aliphatic hydroxyl groups excluding tert-OH is 3. The summed E-state index contributed by atoms with van der Waals surface area (Å²) in [6.45, 7) is -1.53. The number of nitro benzene ring substituents is 1. The van der Waals surface area contributed by atoms with Gasteiger partial charge in [0.25, 0.3) is 5.69 Å². The average molecular weight is 880 g/mol. The third-order valence-electron chi connectivity index (χ3n) is 10.1. The lowest BCUT2D eigenvalue weighted by atomic mass is 9.98. The van der Waals surface area contributed by atoms with E-state index in [-0.39, 0.29) is 33.7 Å². The number of hydrogen-bond acceptors (Lipinski definition) is 17. The van der Waals surface area contributed by atoms with Gasteiger partial charge in [-0.1, -0.05) is 72.8 Å². The molecule has 0 saturated carbocycles. The highest BCUT2D eigenvalue weighted by Crippen LogP contribution is 2.36. The van der Waals surface area contributed by atoms with Crippen molar-refractivity contribution in [2.45, 2.75) is 61.4 Å². The minimum atomic E-state index is -1.91. The summed E-state index contributed by atoms with van der Waals surface area (Å²) >= 11 is 0. The Labute approximate surface area is 364 Å². The summed E-state index contributed by atoms with van der Waals surface area (Å²) in [6.07, 6.45) is -17.4. The maximum Gasteiger partial charge on any atom is 0.338 e. The van der Waals surface area contributed by atoms with Crippen molar-refractivity contribution in [3.8, 4) is 5.75 Å². The van der Waals surface area contributed by atoms with E-state index in [1.54, 1.807) is 72.8 Å². The summed E-state index contributed by atoms with van der Waals surface area (Å²) in [4.78, 5) is 65.4. The van der Waals surface area contributed by atoms with E-state index < -0.39 is 103 Å². The van der Waals surface area contributed by atoms with Gasteiger partial charge in [0.15, 0.2) is 24.6 Å². The lowest BCUT2D eigenvalue weighted by molar-refractivity contribution is -0.384. The second-order valence-electron chi connectivity index (χ2n) is 14.4. The van der Waals surface area contributed by atoms with Crippen molar-refractivity contribution in [2.75, 3.05) is 13.2 Å². The van der Waals surface area contributed by atoms with Crippen molar-refractivity contribution in [3.05, 3.63) is 178 Å². The lowest BCUT2D eigenvalue weighted by Crippen LogP contribution is -2.62. The van der Waals surface area contributed by atoms with Gasteiger partial charge in [0.1, 0.15) is 42.9 Å². The largest absolute Gasteiger partial charge is 0.462 e. The van der Waals surface area contributed by atoms with E-state index in [4.69, 9.17) is 37.9 Å². The third kappa shape index (κ3) is 10.8. The van der Waals surface area contributed by atoms with E-state index in [9.17, 15) is 44.6 Å². The standard InChI is InChI=1S/C46H41NO17/c48-25-33-35(49)38(36(50)45(60-33)58-32-23-21-31(22-24-32)47(55)56)64-46-40(62-44(54)30-19-11-4-12-20-30)39(61-43(53)29-17-9-3-10-18-29)37(63-46)34(59-42(52)28-15-7-2-8-16-28)26-57-41(51)27-13-5-1-6-14-27/h1-24,33-40,45-46,48-50H,25-26H2/t33-,34-,35-,36+,37+,38+,39+,40-,45+,46+/m1/s1. The fourth-order valence-corrected chi connectivity index (χ4v) is 6.89. The minimum Gasteiger partial charge on any atom is -0.462 e. The van der Waals surface area contributed by atoms with Crippen molar-refractivity contribution < 1.29 is 77.3 Å². The zero-order valence-corrected chi connectivity index (χ0v) is 33.5. The van der Waals surface area contributed by atoms with Crippen molar-refractivity contribution in [1.82, 2.24) is 0 Å². The molecule has 10 atom stereocenters. The minimum absolute atomic E-state index is 0.00524. The molecule has 0 amide bonds. The Hall–Kier alpha value is -7.06. The summed E-state index contributed by atoms with van der Waals surface area (Å²) < 4.78 is 47.7. The molecule has 5 aromatic rings. The topological polar surface area (TPSA) is 246 Å². The van der Waals surface area contributed by atoms with Gasteiger partial charge in [-0.2, -0.15) is 0 Å². The van der Waals surface area contributed by atoms with Crippen molar-refractivity contribution in [1.29, 1.82) is 0 Å². The Balaban J connectivity index is 1.27. The number of rotatable bonds is 16. The van der Waals surface area contributed by atoms with E-state index in [1.807, 2.05) is 0 Å². The molecule has 2 aliphatic rings. The lowest BCUT2D eigenvalue weighted by Gasteiger charge is -2.42. The van der Waals surface area contributed by atoms with Gasteiger partial charge in [0, 0.05) is 12.1 Å². The molecule has 2 saturated heterocycles. The van der Waals surface area contributed by atoms with Gasteiger partial charge in [0.2, 0.25) is 6.29 Å². The Morgan fingerprint density at radius 3 is 1.58 bits per heavy atom. The van der Waals surface area contributed by atoms with Crippen LogP contribution in [0.1, 0.15) is 41.4 Å².